The molecule has 106 valence electrons. The summed E-state index contributed by atoms with van der Waals surface area (Å²) in [4.78, 5) is 13.5. The van der Waals surface area contributed by atoms with Gasteiger partial charge in [0.25, 0.3) is 0 Å². The first kappa shape index (κ1) is 13.2. The maximum atomic E-state index is 12.3. The minimum Gasteiger partial charge on any atom is -0.462 e. The summed E-state index contributed by atoms with van der Waals surface area (Å²) in [5, 5.41) is 12.0. The van der Waals surface area contributed by atoms with Crippen molar-refractivity contribution < 1.29 is 9.53 Å². The van der Waals surface area contributed by atoms with Gasteiger partial charge in [-0.25, -0.2) is 4.79 Å². The molecular formula is C13H16N4O2S. The Bertz CT molecular complexity index is 621. The van der Waals surface area contributed by atoms with Gasteiger partial charge >= 0.3 is 5.97 Å². The lowest BCUT2D eigenvalue weighted by atomic mass is 9.88. The summed E-state index contributed by atoms with van der Waals surface area (Å²) in [5.41, 5.74) is 1.77. The zero-order valence-electron chi connectivity index (χ0n) is 11.5. The second-order valence-electron chi connectivity index (χ2n) is 5.01. The second kappa shape index (κ2) is 5.32. The topological polar surface area (TPSA) is 69.9 Å². The average Bonchev–Trinajstić information content (AvgIpc) is 3.04. The van der Waals surface area contributed by atoms with Crippen LogP contribution in [0.3, 0.4) is 0 Å². The van der Waals surface area contributed by atoms with E-state index in [0.29, 0.717) is 18.1 Å². The lowest BCUT2D eigenvalue weighted by Crippen LogP contribution is -2.14. The van der Waals surface area contributed by atoms with Crippen molar-refractivity contribution in [2.24, 2.45) is 5.92 Å². The highest BCUT2D eigenvalue weighted by molar-refractivity contribution is 7.15. The molecule has 2 aromatic rings. The molecule has 0 aliphatic heterocycles. The predicted octanol–water partition coefficient (Wildman–Crippen LogP) is 2.03. The second-order valence-corrected chi connectivity index (χ2v) is 6.09. The number of rotatable bonds is 3. The lowest BCUT2D eigenvalue weighted by Gasteiger charge is -2.18. The van der Waals surface area contributed by atoms with Crippen LogP contribution in [-0.4, -0.2) is 32.8 Å². The van der Waals surface area contributed by atoms with Gasteiger partial charge in [0.15, 0.2) is 0 Å². The van der Waals surface area contributed by atoms with Crippen LogP contribution >= 0.6 is 11.3 Å². The van der Waals surface area contributed by atoms with E-state index in [2.05, 4.69) is 22.4 Å². The Morgan fingerprint density at radius 2 is 2.45 bits per heavy atom. The summed E-state index contributed by atoms with van der Waals surface area (Å²) in [6.07, 6.45) is 4.55. The van der Waals surface area contributed by atoms with E-state index in [1.807, 2.05) is 6.92 Å². The van der Waals surface area contributed by atoms with Crippen LogP contribution in [0.15, 0.2) is 6.33 Å². The van der Waals surface area contributed by atoms with E-state index >= 15 is 0 Å². The largest absolute Gasteiger partial charge is 0.462 e. The Morgan fingerprint density at radius 1 is 1.60 bits per heavy atom. The highest BCUT2D eigenvalue weighted by Crippen LogP contribution is 2.38. The Kier molecular flexibility index (Phi) is 3.52. The van der Waals surface area contributed by atoms with Gasteiger partial charge in [-0.15, -0.1) is 16.4 Å². The van der Waals surface area contributed by atoms with Gasteiger partial charge in [0.2, 0.25) is 0 Å². The molecule has 7 heteroatoms. The molecule has 1 aliphatic carbocycles. The monoisotopic (exact) mass is 292 g/mol. The molecule has 6 nitrogen and oxygen atoms in total. The van der Waals surface area contributed by atoms with E-state index in [1.165, 1.54) is 11.2 Å². The van der Waals surface area contributed by atoms with Crippen LogP contribution in [0.25, 0.3) is 5.00 Å². The highest BCUT2D eigenvalue weighted by atomic mass is 32.1. The summed E-state index contributed by atoms with van der Waals surface area (Å²) < 4.78 is 6.76. The number of aromatic nitrogens is 4. The van der Waals surface area contributed by atoms with Crippen molar-refractivity contribution >= 4 is 17.3 Å². The number of nitrogens with zero attached hydrogens (tertiary/aromatic N) is 4. The molecule has 2 heterocycles. The maximum absolute atomic E-state index is 12.3. The Labute approximate surface area is 120 Å². The van der Waals surface area contributed by atoms with E-state index in [4.69, 9.17) is 4.74 Å². The van der Waals surface area contributed by atoms with Crippen molar-refractivity contribution in [2.75, 3.05) is 6.61 Å². The zero-order valence-corrected chi connectivity index (χ0v) is 12.3. The summed E-state index contributed by atoms with van der Waals surface area (Å²) in [5.74, 6) is 0.378. The normalized spacial score (nSPS) is 17.8. The van der Waals surface area contributed by atoms with Crippen molar-refractivity contribution in [3.8, 4) is 5.00 Å². The van der Waals surface area contributed by atoms with Crippen LogP contribution in [0.1, 0.15) is 41.1 Å². The molecule has 0 bridgehead atoms. The van der Waals surface area contributed by atoms with E-state index < -0.39 is 0 Å². The number of carbonyl (C=O) groups is 1. The third kappa shape index (κ3) is 2.22. The van der Waals surface area contributed by atoms with Gasteiger partial charge in [-0.1, -0.05) is 6.92 Å². The first-order valence-corrected chi connectivity index (χ1v) is 7.57. The van der Waals surface area contributed by atoms with Crippen LogP contribution in [0.2, 0.25) is 0 Å². The number of carbonyl (C=O) groups excluding carboxylic acids is 1. The summed E-state index contributed by atoms with van der Waals surface area (Å²) >= 11 is 1.60. The van der Waals surface area contributed by atoms with Gasteiger partial charge in [-0.05, 0) is 48.1 Å². The molecule has 0 amide bonds. The molecule has 1 aliphatic rings. The number of hydrogen-bond donors (Lipinski definition) is 0. The third-order valence-corrected chi connectivity index (χ3v) is 4.77. The molecule has 20 heavy (non-hydrogen) atoms. The third-order valence-electron chi connectivity index (χ3n) is 3.53. The van der Waals surface area contributed by atoms with Gasteiger partial charge in [0, 0.05) is 4.88 Å². The fourth-order valence-corrected chi connectivity index (χ4v) is 3.98. The molecule has 1 atom stereocenters. The minimum absolute atomic E-state index is 0.273. The number of ether oxygens (including phenoxy) is 1. The van der Waals surface area contributed by atoms with Crippen molar-refractivity contribution in [3.05, 3.63) is 22.3 Å². The molecule has 0 fully saturated rings. The molecule has 0 radical (unpaired) electrons. The van der Waals surface area contributed by atoms with Crippen molar-refractivity contribution in [1.29, 1.82) is 0 Å². The van der Waals surface area contributed by atoms with Crippen LogP contribution in [-0.2, 0) is 17.6 Å². The van der Waals surface area contributed by atoms with Crippen LogP contribution < -0.4 is 0 Å². The molecule has 0 unspecified atom stereocenters. The van der Waals surface area contributed by atoms with Gasteiger partial charge < -0.3 is 4.74 Å². The fourth-order valence-electron chi connectivity index (χ4n) is 2.57. The number of hydrogen-bond acceptors (Lipinski definition) is 6. The van der Waals surface area contributed by atoms with Crippen LogP contribution in [0, 0.1) is 5.92 Å². The SMILES string of the molecule is CCOC(=O)c1c(-n2cnnn2)sc2c1CC[C@H](C)C2. The molecule has 0 N–H and O–H groups in total. The predicted molar refractivity (Wildman–Crippen MR) is 74.2 cm³/mol. The number of tetrazole rings is 1. The first-order chi connectivity index (χ1) is 9.70. The molecule has 3 rings (SSSR count). The number of esters is 1. The van der Waals surface area contributed by atoms with Gasteiger partial charge in [0.1, 0.15) is 11.3 Å². The molecule has 0 aromatic carbocycles. The van der Waals surface area contributed by atoms with Gasteiger partial charge in [-0.2, -0.15) is 4.68 Å². The van der Waals surface area contributed by atoms with E-state index in [-0.39, 0.29) is 5.97 Å². The molecule has 2 aromatic heterocycles. The fraction of sp³-hybridized carbons (Fsp3) is 0.538. The summed E-state index contributed by atoms with van der Waals surface area (Å²) in [6.45, 7) is 4.42. The zero-order chi connectivity index (χ0) is 14.1. The summed E-state index contributed by atoms with van der Waals surface area (Å²) in [7, 11) is 0. The highest BCUT2D eigenvalue weighted by Gasteiger charge is 2.29. The van der Waals surface area contributed by atoms with Gasteiger partial charge in [-0.3, -0.25) is 0 Å². The van der Waals surface area contributed by atoms with E-state index in [9.17, 15) is 4.79 Å². The summed E-state index contributed by atoms with van der Waals surface area (Å²) in [6, 6.07) is 0. The van der Waals surface area contributed by atoms with Crippen LogP contribution in [0.5, 0.6) is 0 Å². The van der Waals surface area contributed by atoms with Crippen LogP contribution in [0.4, 0.5) is 0 Å². The molecule has 0 saturated heterocycles. The Morgan fingerprint density at radius 3 is 3.15 bits per heavy atom. The van der Waals surface area contributed by atoms with Crippen molar-refractivity contribution in [1.82, 2.24) is 20.2 Å². The first-order valence-electron chi connectivity index (χ1n) is 6.75. The van der Waals surface area contributed by atoms with E-state index in [0.717, 1.165) is 29.8 Å². The number of thiophene rings is 1. The minimum atomic E-state index is -0.273. The van der Waals surface area contributed by atoms with E-state index in [1.54, 1.807) is 16.0 Å². The molecule has 0 saturated carbocycles. The van der Waals surface area contributed by atoms with Crippen molar-refractivity contribution in [2.45, 2.75) is 33.1 Å². The average molecular weight is 292 g/mol. The molecule has 0 spiro atoms. The Hall–Kier alpha value is -1.76. The number of fused-ring (bicyclic) bond motifs is 1. The maximum Gasteiger partial charge on any atom is 0.341 e. The van der Waals surface area contributed by atoms with Gasteiger partial charge in [0.05, 0.1) is 12.2 Å². The van der Waals surface area contributed by atoms with Crippen molar-refractivity contribution in [3.63, 3.8) is 0 Å². The molecular weight excluding hydrogens is 276 g/mol. The lowest BCUT2D eigenvalue weighted by molar-refractivity contribution is 0.0525. The smallest absolute Gasteiger partial charge is 0.341 e. The standard InChI is InChI=1S/C13H16N4O2S/c1-3-19-13(18)11-9-5-4-8(2)6-10(9)20-12(11)17-7-14-15-16-17/h7-8H,3-6H2,1-2H3/t8-/m0/s1. The quantitative estimate of drug-likeness (QED) is 0.809. The Balaban J connectivity index is 2.11.